The standard InChI is InChI=1S/C22H29N5O3S/c1-22(2,13-30)19-11-18-20(23-14-24-21(18)31-19)27-25-12-15-3-5-16(6-4-15)26-17(7-9-28)8-10-29/h3-6,11-12,14,17,26,28-30H,7-10,13H2,1-2H3,(H,23,24,27). The van der Waals surface area contributed by atoms with Crippen LogP contribution in [-0.4, -0.2) is 57.4 Å². The van der Waals surface area contributed by atoms with Gasteiger partial charge >= 0.3 is 0 Å². The van der Waals surface area contributed by atoms with E-state index >= 15 is 0 Å². The molecule has 3 rings (SSSR count). The molecule has 31 heavy (non-hydrogen) atoms. The molecule has 3 aromatic rings. The van der Waals surface area contributed by atoms with Crippen LogP contribution in [0, 0.1) is 0 Å². The van der Waals surface area contributed by atoms with Crippen molar-refractivity contribution < 1.29 is 15.3 Å². The molecule has 1 aromatic carbocycles. The number of aliphatic hydroxyl groups is 3. The van der Waals surface area contributed by atoms with Gasteiger partial charge in [-0.3, -0.25) is 5.43 Å². The van der Waals surface area contributed by atoms with Crippen molar-refractivity contribution in [3.05, 3.63) is 47.1 Å². The van der Waals surface area contributed by atoms with Crippen molar-refractivity contribution in [3.8, 4) is 0 Å². The molecule has 5 N–H and O–H groups in total. The molecule has 0 aliphatic rings. The molecule has 0 saturated carbocycles. The van der Waals surface area contributed by atoms with E-state index in [1.807, 2.05) is 44.2 Å². The smallest absolute Gasteiger partial charge is 0.158 e. The van der Waals surface area contributed by atoms with Gasteiger partial charge in [0.1, 0.15) is 11.2 Å². The zero-order valence-electron chi connectivity index (χ0n) is 17.7. The zero-order valence-corrected chi connectivity index (χ0v) is 18.6. The summed E-state index contributed by atoms with van der Waals surface area (Å²) in [7, 11) is 0. The van der Waals surface area contributed by atoms with E-state index < -0.39 is 0 Å². The summed E-state index contributed by atoms with van der Waals surface area (Å²) in [5.41, 5.74) is 4.49. The number of benzene rings is 1. The fraction of sp³-hybridized carbons (Fsp3) is 0.409. The van der Waals surface area contributed by atoms with Gasteiger partial charge in [0, 0.05) is 35.2 Å². The van der Waals surface area contributed by atoms with Crippen LogP contribution in [-0.2, 0) is 5.41 Å². The number of fused-ring (bicyclic) bond motifs is 1. The third-order valence-corrected chi connectivity index (χ3v) is 6.42. The molecule has 0 amide bonds. The van der Waals surface area contributed by atoms with Crippen molar-refractivity contribution in [3.63, 3.8) is 0 Å². The molecule has 0 unspecified atom stereocenters. The maximum absolute atomic E-state index is 9.64. The normalized spacial score (nSPS) is 12.2. The Morgan fingerprint density at radius 3 is 2.45 bits per heavy atom. The predicted molar refractivity (Wildman–Crippen MR) is 126 cm³/mol. The van der Waals surface area contributed by atoms with Gasteiger partial charge in [-0.15, -0.1) is 11.3 Å². The zero-order chi connectivity index (χ0) is 22.3. The minimum Gasteiger partial charge on any atom is -0.396 e. The van der Waals surface area contributed by atoms with Crippen molar-refractivity contribution in [1.29, 1.82) is 0 Å². The van der Waals surface area contributed by atoms with E-state index in [1.54, 1.807) is 17.6 Å². The molecule has 0 aliphatic heterocycles. The van der Waals surface area contributed by atoms with Crippen LogP contribution in [0.3, 0.4) is 0 Å². The van der Waals surface area contributed by atoms with Crippen LogP contribution in [0.25, 0.3) is 10.2 Å². The number of thiophene rings is 1. The SMILES string of the molecule is CC(C)(CO)c1cc2c(NN=Cc3ccc(NC(CCO)CCO)cc3)ncnc2s1. The van der Waals surface area contributed by atoms with Crippen LogP contribution in [0.2, 0.25) is 0 Å². The number of hydrogen-bond donors (Lipinski definition) is 5. The summed E-state index contributed by atoms with van der Waals surface area (Å²) in [5, 5.41) is 36.4. The third kappa shape index (κ3) is 5.98. The van der Waals surface area contributed by atoms with Gasteiger partial charge in [0.2, 0.25) is 0 Å². The first-order valence-corrected chi connectivity index (χ1v) is 11.0. The van der Waals surface area contributed by atoms with E-state index in [1.165, 1.54) is 6.33 Å². The number of rotatable bonds is 11. The van der Waals surface area contributed by atoms with Gasteiger partial charge in [0.15, 0.2) is 5.82 Å². The Balaban J connectivity index is 1.67. The molecule has 0 bridgehead atoms. The van der Waals surface area contributed by atoms with E-state index in [9.17, 15) is 5.11 Å². The molecule has 0 aliphatic carbocycles. The number of nitrogens with one attached hydrogen (secondary N) is 2. The van der Waals surface area contributed by atoms with Gasteiger partial charge in [-0.2, -0.15) is 5.10 Å². The van der Waals surface area contributed by atoms with E-state index in [-0.39, 0.29) is 31.3 Å². The van der Waals surface area contributed by atoms with E-state index in [0.717, 1.165) is 26.3 Å². The number of hydrazone groups is 1. The Morgan fingerprint density at radius 2 is 1.81 bits per heavy atom. The maximum Gasteiger partial charge on any atom is 0.158 e. The van der Waals surface area contributed by atoms with E-state index in [2.05, 4.69) is 25.8 Å². The largest absolute Gasteiger partial charge is 0.396 e. The summed E-state index contributed by atoms with van der Waals surface area (Å²) in [5.74, 6) is 0.617. The summed E-state index contributed by atoms with van der Waals surface area (Å²) in [6.07, 6.45) is 4.38. The molecular formula is C22H29N5O3S. The van der Waals surface area contributed by atoms with Crippen LogP contribution in [0.1, 0.15) is 37.1 Å². The van der Waals surface area contributed by atoms with Crippen LogP contribution in [0.15, 0.2) is 41.8 Å². The number of aliphatic hydroxyl groups excluding tert-OH is 3. The van der Waals surface area contributed by atoms with E-state index in [4.69, 9.17) is 10.2 Å². The second kappa shape index (κ2) is 10.6. The topological polar surface area (TPSA) is 123 Å². The second-order valence-corrected chi connectivity index (χ2v) is 8.98. The molecule has 0 radical (unpaired) electrons. The van der Waals surface area contributed by atoms with Crippen LogP contribution in [0.5, 0.6) is 0 Å². The fourth-order valence-electron chi connectivity index (χ4n) is 3.03. The summed E-state index contributed by atoms with van der Waals surface area (Å²) in [4.78, 5) is 10.5. The highest BCUT2D eigenvalue weighted by Gasteiger charge is 2.23. The Morgan fingerprint density at radius 1 is 1.10 bits per heavy atom. The molecule has 9 heteroatoms. The predicted octanol–water partition coefficient (Wildman–Crippen LogP) is 2.95. The first kappa shape index (κ1) is 23.1. The Kier molecular flexibility index (Phi) is 7.91. The quantitative estimate of drug-likeness (QED) is 0.228. The first-order chi connectivity index (χ1) is 15.0. The average Bonchev–Trinajstić information content (AvgIpc) is 3.22. The van der Waals surface area contributed by atoms with Crippen molar-refractivity contribution in [2.24, 2.45) is 5.10 Å². The molecule has 0 fully saturated rings. The lowest BCUT2D eigenvalue weighted by molar-refractivity contribution is 0.221. The summed E-state index contributed by atoms with van der Waals surface area (Å²) in [6.45, 7) is 4.19. The summed E-state index contributed by atoms with van der Waals surface area (Å²) in [6, 6.07) is 9.78. The summed E-state index contributed by atoms with van der Waals surface area (Å²) >= 11 is 1.54. The van der Waals surface area contributed by atoms with Crippen LogP contribution >= 0.6 is 11.3 Å². The number of aromatic nitrogens is 2. The van der Waals surface area contributed by atoms with Gasteiger partial charge in [0.25, 0.3) is 0 Å². The van der Waals surface area contributed by atoms with Crippen molar-refractivity contribution in [1.82, 2.24) is 9.97 Å². The first-order valence-electron chi connectivity index (χ1n) is 10.2. The number of hydrogen-bond acceptors (Lipinski definition) is 9. The maximum atomic E-state index is 9.64. The molecule has 0 atom stereocenters. The molecular weight excluding hydrogens is 414 g/mol. The third-order valence-electron chi connectivity index (χ3n) is 5.01. The monoisotopic (exact) mass is 443 g/mol. The highest BCUT2D eigenvalue weighted by atomic mass is 32.1. The van der Waals surface area contributed by atoms with Gasteiger partial charge in [-0.25, -0.2) is 9.97 Å². The molecule has 0 spiro atoms. The fourth-order valence-corrected chi connectivity index (χ4v) is 4.12. The Labute approximate surface area is 185 Å². The molecule has 0 saturated heterocycles. The van der Waals surface area contributed by atoms with Gasteiger partial charge < -0.3 is 20.6 Å². The minimum atomic E-state index is -0.338. The van der Waals surface area contributed by atoms with Crippen molar-refractivity contribution in [2.45, 2.75) is 38.1 Å². The molecule has 166 valence electrons. The summed E-state index contributed by atoms with van der Waals surface area (Å²) < 4.78 is 0. The van der Waals surface area contributed by atoms with Gasteiger partial charge in [-0.05, 0) is 36.6 Å². The highest BCUT2D eigenvalue weighted by Crippen LogP contribution is 2.35. The highest BCUT2D eigenvalue weighted by molar-refractivity contribution is 7.18. The van der Waals surface area contributed by atoms with Gasteiger partial charge in [-0.1, -0.05) is 26.0 Å². The Bertz CT molecular complexity index is 998. The molecule has 8 nitrogen and oxygen atoms in total. The minimum absolute atomic E-state index is 0.0302. The average molecular weight is 444 g/mol. The van der Waals surface area contributed by atoms with E-state index in [0.29, 0.717) is 18.7 Å². The second-order valence-electron chi connectivity index (χ2n) is 7.95. The lowest BCUT2D eigenvalue weighted by atomic mass is 9.93. The lowest BCUT2D eigenvalue weighted by Crippen LogP contribution is -2.22. The van der Waals surface area contributed by atoms with Crippen molar-refractivity contribution >= 4 is 39.3 Å². The number of anilines is 2. The molecule has 2 aromatic heterocycles. The van der Waals surface area contributed by atoms with Gasteiger partial charge in [0.05, 0.1) is 18.2 Å². The molecule has 2 heterocycles. The number of nitrogens with zero attached hydrogens (tertiary/aromatic N) is 3. The van der Waals surface area contributed by atoms with Crippen molar-refractivity contribution in [2.75, 3.05) is 30.6 Å². The van der Waals surface area contributed by atoms with Crippen LogP contribution in [0.4, 0.5) is 11.5 Å². The van der Waals surface area contributed by atoms with Crippen LogP contribution < -0.4 is 10.7 Å². The lowest BCUT2D eigenvalue weighted by Gasteiger charge is -2.18. The Hall–Kier alpha value is -2.59.